The number of hydrogen-bond acceptors (Lipinski definition) is 2. The monoisotopic (exact) mass is 243 g/mol. The van der Waals surface area contributed by atoms with Crippen molar-refractivity contribution in [1.29, 1.82) is 0 Å². The fourth-order valence-corrected chi connectivity index (χ4v) is 2.44. The Hall–Kier alpha value is -1.84. The molecule has 2 unspecified atom stereocenters. The van der Waals surface area contributed by atoms with Crippen LogP contribution in [0.1, 0.15) is 36.5 Å². The number of carbonyl (C=O) groups is 1. The van der Waals surface area contributed by atoms with Gasteiger partial charge in [0.15, 0.2) is 0 Å². The fraction of sp³-hybridized carbons (Fsp3) is 0.429. The number of aromatic nitrogens is 2. The van der Waals surface area contributed by atoms with Crippen LogP contribution in [0.2, 0.25) is 0 Å². The lowest BCUT2D eigenvalue weighted by molar-refractivity contribution is 0.0949. The Labute approximate surface area is 106 Å². The number of H-pyrrole nitrogens is 1. The maximum absolute atomic E-state index is 12.1. The van der Waals surface area contributed by atoms with Crippen molar-refractivity contribution < 1.29 is 4.79 Å². The Morgan fingerprint density at radius 2 is 2.44 bits per heavy atom. The Balaban J connectivity index is 1.68. The Morgan fingerprint density at radius 1 is 1.56 bits per heavy atom. The molecule has 2 N–H and O–H groups in total. The molecule has 18 heavy (non-hydrogen) atoms. The smallest absolute Gasteiger partial charge is 0.251 e. The van der Waals surface area contributed by atoms with Crippen molar-refractivity contribution >= 4 is 16.9 Å². The standard InChI is InChI=1S/C14H17N3O/c1-2-3-9-6-12(9)17-14(18)10-4-5-11-13(7-10)16-8-15-11/h4-5,7-9,12H,2-3,6H2,1H3,(H,15,16)(H,17,18). The van der Waals surface area contributed by atoms with Gasteiger partial charge in [-0.25, -0.2) is 4.98 Å². The first-order valence-corrected chi connectivity index (χ1v) is 6.52. The summed E-state index contributed by atoms with van der Waals surface area (Å²) in [5.74, 6) is 0.713. The molecule has 1 aliphatic carbocycles. The molecule has 1 saturated carbocycles. The van der Waals surface area contributed by atoms with Crippen LogP contribution in [0.3, 0.4) is 0 Å². The molecule has 0 saturated heterocycles. The van der Waals surface area contributed by atoms with Crippen LogP contribution in [0.5, 0.6) is 0 Å². The summed E-state index contributed by atoms with van der Waals surface area (Å²) in [6.07, 6.45) is 5.18. The van der Waals surface area contributed by atoms with E-state index in [-0.39, 0.29) is 5.91 Å². The lowest BCUT2D eigenvalue weighted by Gasteiger charge is -2.04. The van der Waals surface area contributed by atoms with E-state index >= 15 is 0 Å². The van der Waals surface area contributed by atoms with Crippen LogP contribution in [0.25, 0.3) is 11.0 Å². The van der Waals surface area contributed by atoms with Crippen LogP contribution in [0, 0.1) is 5.92 Å². The molecule has 0 radical (unpaired) electrons. The number of aromatic amines is 1. The Kier molecular flexibility index (Phi) is 2.78. The molecule has 1 fully saturated rings. The Morgan fingerprint density at radius 3 is 3.28 bits per heavy atom. The van der Waals surface area contributed by atoms with Crippen LogP contribution in [0.4, 0.5) is 0 Å². The molecular weight excluding hydrogens is 226 g/mol. The zero-order valence-corrected chi connectivity index (χ0v) is 10.4. The molecular formula is C14H17N3O. The highest BCUT2D eigenvalue weighted by atomic mass is 16.1. The first-order valence-electron chi connectivity index (χ1n) is 6.52. The minimum absolute atomic E-state index is 0.0232. The molecule has 1 amide bonds. The third-order valence-electron chi connectivity index (χ3n) is 3.58. The number of carbonyl (C=O) groups excluding carboxylic acids is 1. The molecule has 1 aromatic heterocycles. The predicted molar refractivity (Wildman–Crippen MR) is 70.4 cm³/mol. The first-order chi connectivity index (χ1) is 8.78. The van der Waals surface area contributed by atoms with E-state index in [4.69, 9.17) is 0 Å². The van der Waals surface area contributed by atoms with E-state index in [2.05, 4.69) is 22.2 Å². The molecule has 1 heterocycles. The first kappa shape index (κ1) is 11.3. The number of fused-ring (bicyclic) bond motifs is 1. The summed E-state index contributed by atoms with van der Waals surface area (Å²) in [5.41, 5.74) is 2.50. The van der Waals surface area contributed by atoms with Gasteiger partial charge in [-0.3, -0.25) is 4.79 Å². The minimum atomic E-state index is 0.0232. The topological polar surface area (TPSA) is 57.8 Å². The molecule has 1 aliphatic rings. The fourth-order valence-electron chi connectivity index (χ4n) is 2.44. The van der Waals surface area contributed by atoms with E-state index in [1.807, 2.05) is 18.2 Å². The molecule has 4 heteroatoms. The molecule has 2 atom stereocenters. The number of imidazole rings is 1. The van der Waals surface area contributed by atoms with Gasteiger partial charge in [0.2, 0.25) is 0 Å². The number of nitrogens with one attached hydrogen (secondary N) is 2. The highest BCUT2D eigenvalue weighted by Gasteiger charge is 2.37. The van der Waals surface area contributed by atoms with Crippen molar-refractivity contribution in [3.05, 3.63) is 30.1 Å². The third-order valence-corrected chi connectivity index (χ3v) is 3.58. The van der Waals surface area contributed by atoms with E-state index in [0.29, 0.717) is 17.5 Å². The number of amides is 1. The lowest BCUT2D eigenvalue weighted by Crippen LogP contribution is -2.26. The SMILES string of the molecule is CCCC1CC1NC(=O)c1ccc2nc[nH]c2c1. The van der Waals surface area contributed by atoms with Crippen LogP contribution in [-0.4, -0.2) is 21.9 Å². The number of rotatable bonds is 4. The number of benzene rings is 1. The van der Waals surface area contributed by atoms with Crippen LogP contribution in [0.15, 0.2) is 24.5 Å². The maximum Gasteiger partial charge on any atom is 0.251 e. The van der Waals surface area contributed by atoms with Gasteiger partial charge in [0, 0.05) is 11.6 Å². The molecule has 1 aromatic carbocycles. The molecule has 0 spiro atoms. The average molecular weight is 243 g/mol. The predicted octanol–water partition coefficient (Wildman–Crippen LogP) is 2.48. The summed E-state index contributed by atoms with van der Waals surface area (Å²) in [6, 6.07) is 5.94. The Bertz CT molecular complexity index is 575. The van der Waals surface area contributed by atoms with Gasteiger partial charge in [0.1, 0.15) is 0 Å². The van der Waals surface area contributed by atoms with E-state index in [0.717, 1.165) is 17.5 Å². The van der Waals surface area contributed by atoms with E-state index in [9.17, 15) is 4.79 Å². The third kappa shape index (κ3) is 2.10. The van der Waals surface area contributed by atoms with Gasteiger partial charge < -0.3 is 10.3 Å². The van der Waals surface area contributed by atoms with Crippen LogP contribution >= 0.6 is 0 Å². The molecule has 0 aliphatic heterocycles. The normalized spacial score (nSPS) is 22.1. The maximum atomic E-state index is 12.1. The summed E-state index contributed by atoms with van der Waals surface area (Å²) in [4.78, 5) is 19.2. The van der Waals surface area contributed by atoms with Crippen molar-refractivity contribution in [2.24, 2.45) is 5.92 Å². The second-order valence-corrected chi connectivity index (χ2v) is 5.00. The van der Waals surface area contributed by atoms with Crippen molar-refractivity contribution in [3.8, 4) is 0 Å². The van der Waals surface area contributed by atoms with Crippen molar-refractivity contribution in [3.63, 3.8) is 0 Å². The van der Waals surface area contributed by atoms with Gasteiger partial charge in [-0.2, -0.15) is 0 Å². The van der Waals surface area contributed by atoms with Crippen molar-refractivity contribution in [2.75, 3.05) is 0 Å². The van der Waals surface area contributed by atoms with E-state index < -0.39 is 0 Å². The number of nitrogens with zero attached hydrogens (tertiary/aromatic N) is 1. The largest absolute Gasteiger partial charge is 0.349 e. The minimum Gasteiger partial charge on any atom is -0.349 e. The summed E-state index contributed by atoms with van der Waals surface area (Å²) in [5, 5.41) is 3.09. The van der Waals surface area contributed by atoms with Crippen molar-refractivity contribution in [1.82, 2.24) is 15.3 Å². The zero-order chi connectivity index (χ0) is 12.5. The summed E-state index contributed by atoms with van der Waals surface area (Å²) < 4.78 is 0. The van der Waals surface area contributed by atoms with Gasteiger partial charge >= 0.3 is 0 Å². The summed E-state index contributed by atoms with van der Waals surface area (Å²) in [7, 11) is 0. The molecule has 3 rings (SSSR count). The van der Waals surface area contributed by atoms with Gasteiger partial charge in [-0.1, -0.05) is 13.3 Å². The van der Waals surface area contributed by atoms with Gasteiger partial charge in [-0.15, -0.1) is 0 Å². The average Bonchev–Trinajstić information content (AvgIpc) is 2.92. The van der Waals surface area contributed by atoms with Crippen LogP contribution in [-0.2, 0) is 0 Å². The number of hydrogen-bond donors (Lipinski definition) is 2. The van der Waals surface area contributed by atoms with Crippen LogP contribution < -0.4 is 5.32 Å². The summed E-state index contributed by atoms with van der Waals surface area (Å²) in [6.45, 7) is 2.18. The molecule has 2 aromatic rings. The molecule has 0 bridgehead atoms. The second kappa shape index (κ2) is 4.44. The highest BCUT2D eigenvalue weighted by Crippen LogP contribution is 2.34. The van der Waals surface area contributed by atoms with Gasteiger partial charge in [0.25, 0.3) is 5.91 Å². The molecule has 4 nitrogen and oxygen atoms in total. The quantitative estimate of drug-likeness (QED) is 0.866. The highest BCUT2D eigenvalue weighted by molar-refractivity contribution is 5.97. The summed E-state index contributed by atoms with van der Waals surface area (Å²) >= 11 is 0. The zero-order valence-electron chi connectivity index (χ0n) is 10.4. The van der Waals surface area contributed by atoms with Gasteiger partial charge in [-0.05, 0) is 37.0 Å². The van der Waals surface area contributed by atoms with E-state index in [1.165, 1.54) is 12.8 Å². The van der Waals surface area contributed by atoms with Crippen molar-refractivity contribution in [2.45, 2.75) is 32.2 Å². The lowest BCUT2D eigenvalue weighted by atomic mass is 10.2. The second-order valence-electron chi connectivity index (χ2n) is 5.00. The molecule has 94 valence electrons. The van der Waals surface area contributed by atoms with Gasteiger partial charge in [0.05, 0.1) is 17.4 Å². The van der Waals surface area contributed by atoms with E-state index in [1.54, 1.807) is 6.33 Å².